The van der Waals surface area contributed by atoms with Gasteiger partial charge in [-0.2, -0.15) is 0 Å². The van der Waals surface area contributed by atoms with E-state index in [-0.39, 0.29) is 6.54 Å². The molecule has 10 heteroatoms. The number of para-hydroxylation sites is 2. The monoisotopic (exact) mass is 467 g/mol. The lowest BCUT2D eigenvalue weighted by Crippen LogP contribution is -2.40. The van der Waals surface area contributed by atoms with Crippen LogP contribution in [-0.2, 0) is 11.3 Å². The first-order valence-corrected chi connectivity index (χ1v) is 10.7. The van der Waals surface area contributed by atoms with Gasteiger partial charge in [0.05, 0.1) is 32.5 Å². The van der Waals surface area contributed by atoms with E-state index in [1.165, 1.54) is 37.2 Å². The number of nitrogens with zero attached hydrogens (tertiary/aromatic N) is 2. The van der Waals surface area contributed by atoms with Crippen molar-refractivity contribution in [3.63, 3.8) is 0 Å². The lowest BCUT2D eigenvalue weighted by atomic mass is 10.2. The largest absolute Gasteiger partial charge is 0.495 e. The summed E-state index contributed by atoms with van der Waals surface area (Å²) in [4.78, 5) is 39.4. The Labute approximate surface area is 192 Å². The number of amides is 1. The van der Waals surface area contributed by atoms with Crippen molar-refractivity contribution in [2.24, 2.45) is 0 Å². The number of ether oxygens (including phenoxy) is 3. The molecule has 0 aliphatic rings. The standard InChI is InChI=1S/C23H21N3O6S/c1-30-17-7-5-4-6-15(17)26-22(28)21-16(10-11-33-21)25(23(26)29)13-20(27)24-14-8-9-18(31-2)19(12-14)32-3/h4-12H,13H2,1-3H3,(H,24,27). The average molecular weight is 468 g/mol. The van der Waals surface area contributed by atoms with E-state index in [0.29, 0.717) is 38.8 Å². The maximum absolute atomic E-state index is 13.4. The number of nitrogens with one attached hydrogen (secondary N) is 1. The van der Waals surface area contributed by atoms with Gasteiger partial charge in [-0.1, -0.05) is 12.1 Å². The van der Waals surface area contributed by atoms with Crippen LogP contribution < -0.4 is 30.8 Å². The van der Waals surface area contributed by atoms with Crippen LogP contribution in [0.1, 0.15) is 0 Å². The fourth-order valence-electron chi connectivity index (χ4n) is 3.53. The molecule has 1 N–H and O–H groups in total. The molecule has 0 radical (unpaired) electrons. The summed E-state index contributed by atoms with van der Waals surface area (Å²) < 4.78 is 18.5. The number of methoxy groups -OCH3 is 3. The quantitative estimate of drug-likeness (QED) is 0.449. The number of hydrogen-bond donors (Lipinski definition) is 1. The highest BCUT2D eigenvalue weighted by atomic mass is 32.1. The van der Waals surface area contributed by atoms with Crippen molar-refractivity contribution in [1.29, 1.82) is 0 Å². The van der Waals surface area contributed by atoms with Gasteiger partial charge in [-0.25, -0.2) is 9.36 Å². The van der Waals surface area contributed by atoms with E-state index in [9.17, 15) is 14.4 Å². The summed E-state index contributed by atoms with van der Waals surface area (Å²) >= 11 is 1.20. The molecule has 0 unspecified atom stereocenters. The van der Waals surface area contributed by atoms with Crippen molar-refractivity contribution in [1.82, 2.24) is 9.13 Å². The zero-order valence-corrected chi connectivity index (χ0v) is 19.0. The van der Waals surface area contributed by atoms with Crippen molar-refractivity contribution in [3.05, 3.63) is 74.7 Å². The highest BCUT2D eigenvalue weighted by molar-refractivity contribution is 7.17. The predicted molar refractivity (Wildman–Crippen MR) is 126 cm³/mol. The molecule has 1 amide bonds. The number of rotatable bonds is 7. The third-order valence-electron chi connectivity index (χ3n) is 5.05. The van der Waals surface area contributed by atoms with Crippen LogP contribution in [0.5, 0.6) is 17.2 Å². The second-order valence-electron chi connectivity index (χ2n) is 6.93. The first-order chi connectivity index (χ1) is 16.0. The minimum atomic E-state index is -0.641. The van der Waals surface area contributed by atoms with Crippen molar-refractivity contribution in [2.75, 3.05) is 26.6 Å². The maximum Gasteiger partial charge on any atom is 0.336 e. The van der Waals surface area contributed by atoms with Crippen molar-refractivity contribution < 1.29 is 19.0 Å². The molecule has 9 nitrogen and oxygen atoms in total. The molecule has 4 rings (SSSR count). The van der Waals surface area contributed by atoms with E-state index in [0.717, 1.165) is 4.57 Å². The number of benzene rings is 2. The van der Waals surface area contributed by atoms with Crippen LogP contribution in [-0.4, -0.2) is 36.4 Å². The van der Waals surface area contributed by atoms with Gasteiger partial charge in [0.1, 0.15) is 17.0 Å². The van der Waals surface area contributed by atoms with E-state index < -0.39 is 17.2 Å². The molecule has 4 aromatic rings. The first kappa shape index (κ1) is 22.2. The van der Waals surface area contributed by atoms with Crippen LogP contribution >= 0.6 is 11.3 Å². The molecule has 2 aromatic carbocycles. The lowest BCUT2D eigenvalue weighted by molar-refractivity contribution is -0.116. The zero-order valence-electron chi connectivity index (χ0n) is 18.2. The fraction of sp³-hybridized carbons (Fsp3) is 0.174. The summed E-state index contributed by atoms with van der Waals surface area (Å²) in [6.45, 7) is -0.296. The Bertz CT molecular complexity index is 1450. The van der Waals surface area contributed by atoms with Crippen LogP contribution in [0.2, 0.25) is 0 Å². The molecule has 0 aliphatic carbocycles. The van der Waals surface area contributed by atoms with Gasteiger partial charge in [-0.05, 0) is 35.7 Å². The smallest absolute Gasteiger partial charge is 0.336 e. The Morgan fingerprint density at radius 1 is 0.939 bits per heavy atom. The molecule has 0 saturated carbocycles. The summed E-state index contributed by atoms with van der Waals surface area (Å²) in [5, 5.41) is 4.46. The molecule has 170 valence electrons. The highest BCUT2D eigenvalue weighted by Gasteiger charge is 2.19. The zero-order chi connectivity index (χ0) is 23.5. The average Bonchev–Trinajstić information content (AvgIpc) is 3.32. The Kier molecular flexibility index (Phi) is 6.18. The third kappa shape index (κ3) is 4.08. The van der Waals surface area contributed by atoms with Crippen LogP contribution in [0.3, 0.4) is 0 Å². The molecule has 0 spiro atoms. The summed E-state index contributed by atoms with van der Waals surface area (Å²) in [5.74, 6) is 0.906. The molecule has 2 heterocycles. The molecule has 0 aliphatic heterocycles. The number of fused-ring (bicyclic) bond motifs is 1. The maximum atomic E-state index is 13.4. The molecule has 0 atom stereocenters. The molecule has 0 fully saturated rings. The molecule has 0 bridgehead atoms. The van der Waals surface area contributed by atoms with Gasteiger partial charge in [0.2, 0.25) is 5.91 Å². The van der Waals surface area contributed by atoms with Crippen molar-refractivity contribution >= 4 is 33.1 Å². The number of carbonyl (C=O) groups is 1. The summed E-state index contributed by atoms with van der Waals surface area (Å²) in [6.07, 6.45) is 0. The Hall–Kier alpha value is -4.05. The number of thiophene rings is 1. The fourth-order valence-corrected chi connectivity index (χ4v) is 4.35. The summed E-state index contributed by atoms with van der Waals surface area (Å²) in [5.41, 5.74) is 0.0668. The Morgan fingerprint density at radius 2 is 1.67 bits per heavy atom. The number of carbonyl (C=O) groups excluding carboxylic acids is 1. The van der Waals surface area contributed by atoms with Gasteiger partial charge in [0.15, 0.2) is 11.5 Å². The highest BCUT2D eigenvalue weighted by Crippen LogP contribution is 2.29. The first-order valence-electron chi connectivity index (χ1n) is 9.86. The van der Waals surface area contributed by atoms with Crippen LogP contribution in [0.4, 0.5) is 5.69 Å². The van der Waals surface area contributed by atoms with Gasteiger partial charge in [-0.3, -0.25) is 14.2 Å². The minimum Gasteiger partial charge on any atom is -0.495 e. The second-order valence-corrected chi connectivity index (χ2v) is 7.85. The van der Waals surface area contributed by atoms with Crippen LogP contribution in [0.25, 0.3) is 15.9 Å². The topological polar surface area (TPSA) is 101 Å². The number of aromatic nitrogens is 2. The van der Waals surface area contributed by atoms with E-state index in [1.807, 2.05) is 0 Å². The van der Waals surface area contributed by atoms with Gasteiger partial charge in [-0.15, -0.1) is 11.3 Å². The normalized spacial score (nSPS) is 10.8. The molecule has 0 saturated heterocycles. The van der Waals surface area contributed by atoms with Gasteiger partial charge >= 0.3 is 5.69 Å². The molecule has 2 aromatic heterocycles. The van der Waals surface area contributed by atoms with E-state index in [1.54, 1.807) is 53.9 Å². The summed E-state index contributed by atoms with van der Waals surface area (Å²) in [6, 6.07) is 13.3. The third-order valence-corrected chi connectivity index (χ3v) is 5.94. The van der Waals surface area contributed by atoms with Crippen molar-refractivity contribution in [2.45, 2.75) is 6.54 Å². The Balaban J connectivity index is 1.76. The van der Waals surface area contributed by atoms with Crippen molar-refractivity contribution in [3.8, 4) is 22.9 Å². The second kappa shape index (κ2) is 9.21. The van der Waals surface area contributed by atoms with E-state index in [2.05, 4.69) is 5.32 Å². The summed E-state index contributed by atoms with van der Waals surface area (Å²) in [7, 11) is 4.48. The molecular weight excluding hydrogens is 446 g/mol. The van der Waals surface area contributed by atoms with Gasteiger partial charge in [0.25, 0.3) is 5.56 Å². The molecule has 33 heavy (non-hydrogen) atoms. The minimum absolute atomic E-state index is 0.296. The van der Waals surface area contributed by atoms with Crippen LogP contribution in [0.15, 0.2) is 63.5 Å². The van der Waals surface area contributed by atoms with E-state index in [4.69, 9.17) is 14.2 Å². The van der Waals surface area contributed by atoms with Gasteiger partial charge < -0.3 is 19.5 Å². The van der Waals surface area contributed by atoms with Crippen LogP contribution in [0, 0.1) is 0 Å². The molecular formula is C23H21N3O6S. The lowest BCUT2D eigenvalue weighted by Gasteiger charge is -2.15. The number of hydrogen-bond acceptors (Lipinski definition) is 7. The van der Waals surface area contributed by atoms with E-state index >= 15 is 0 Å². The predicted octanol–water partition coefficient (Wildman–Crippen LogP) is 2.88. The van der Waals surface area contributed by atoms with Gasteiger partial charge in [0, 0.05) is 11.8 Å². The Morgan fingerprint density at radius 3 is 2.39 bits per heavy atom. The number of anilines is 1. The SMILES string of the molecule is COc1ccc(NC(=O)Cn2c(=O)n(-c3ccccc3OC)c(=O)c3sccc32)cc1OC.